The third-order valence-electron chi connectivity index (χ3n) is 5.27. The molecule has 2 aromatic rings. The summed E-state index contributed by atoms with van der Waals surface area (Å²) >= 11 is 6.18. The quantitative estimate of drug-likeness (QED) is 0.642. The number of fused-ring (bicyclic) bond motifs is 1. The van der Waals surface area contributed by atoms with Gasteiger partial charge in [0.25, 0.3) is 5.91 Å². The first-order valence-electron chi connectivity index (χ1n) is 9.71. The van der Waals surface area contributed by atoms with Crippen LogP contribution in [0.1, 0.15) is 35.7 Å². The molecule has 0 unspecified atom stereocenters. The van der Waals surface area contributed by atoms with Gasteiger partial charge in [-0.2, -0.15) is 0 Å². The standard InChI is InChI=1S/C22H21ClFNO5/c1-14(26)18-11-16(23)12-19-21(18)28-13-20(27)25(19)8-2-7-22(29-9-10-30-22)15-3-5-17(24)6-4-15/h3-6,11-12H,2,7-10,13H2,1H3. The van der Waals surface area contributed by atoms with Gasteiger partial charge in [-0.3, -0.25) is 9.59 Å². The van der Waals surface area contributed by atoms with E-state index in [1.54, 1.807) is 29.2 Å². The molecular weight excluding hydrogens is 413 g/mol. The summed E-state index contributed by atoms with van der Waals surface area (Å²) in [5, 5.41) is 0.354. The molecule has 0 radical (unpaired) electrons. The predicted octanol–water partition coefficient (Wildman–Crippen LogP) is 4.09. The number of halogens is 2. The molecule has 8 heteroatoms. The Kier molecular flexibility index (Phi) is 5.77. The summed E-state index contributed by atoms with van der Waals surface area (Å²) in [6, 6.07) is 9.20. The Labute approximate surface area is 178 Å². The van der Waals surface area contributed by atoms with Gasteiger partial charge in [-0.1, -0.05) is 23.7 Å². The topological polar surface area (TPSA) is 65.1 Å². The van der Waals surface area contributed by atoms with E-state index in [1.807, 2.05) is 0 Å². The number of rotatable bonds is 6. The summed E-state index contributed by atoms with van der Waals surface area (Å²) in [4.78, 5) is 26.1. The molecule has 1 saturated heterocycles. The summed E-state index contributed by atoms with van der Waals surface area (Å²) in [6.07, 6.45) is 1.02. The molecule has 2 heterocycles. The first-order chi connectivity index (χ1) is 14.4. The molecule has 2 aliphatic rings. The van der Waals surface area contributed by atoms with Crippen molar-refractivity contribution in [3.05, 3.63) is 58.4 Å². The van der Waals surface area contributed by atoms with E-state index >= 15 is 0 Å². The number of amides is 1. The third-order valence-corrected chi connectivity index (χ3v) is 5.49. The Morgan fingerprint density at radius 1 is 1.20 bits per heavy atom. The minimum Gasteiger partial charge on any atom is -0.481 e. The smallest absolute Gasteiger partial charge is 0.265 e. The second-order valence-electron chi connectivity index (χ2n) is 7.25. The number of carbonyl (C=O) groups is 2. The number of hydrogen-bond acceptors (Lipinski definition) is 5. The number of benzene rings is 2. The number of anilines is 1. The first-order valence-corrected chi connectivity index (χ1v) is 10.1. The molecule has 1 amide bonds. The van der Waals surface area contributed by atoms with Crippen LogP contribution in [0.25, 0.3) is 0 Å². The van der Waals surface area contributed by atoms with Gasteiger partial charge in [-0.25, -0.2) is 4.39 Å². The Morgan fingerprint density at radius 2 is 1.90 bits per heavy atom. The number of Topliss-reactive ketones (excluding diaryl/α,β-unsaturated/α-hetero) is 1. The Balaban J connectivity index is 1.54. The van der Waals surface area contributed by atoms with Gasteiger partial charge in [0.2, 0.25) is 0 Å². The van der Waals surface area contributed by atoms with E-state index < -0.39 is 5.79 Å². The third kappa shape index (κ3) is 3.93. The van der Waals surface area contributed by atoms with Crippen molar-refractivity contribution < 1.29 is 28.2 Å². The molecule has 2 aromatic carbocycles. The summed E-state index contributed by atoms with van der Waals surface area (Å²) in [7, 11) is 0. The molecular formula is C22H21ClFNO5. The lowest BCUT2D eigenvalue weighted by Gasteiger charge is -2.32. The van der Waals surface area contributed by atoms with Crippen LogP contribution in [0.2, 0.25) is 5.02 Å². The zero-order chi connectivity index (χ0) is 21.3. The number of hydrogen-bond donors (Lipinski definition) is 0. The Bertz CT molecular complexity index is 972. The molecule has 6 nitrogen and oxygen atoms in total. The van der Waals surface area contributed by atoms with E-state index in [0.717, 1.165) is 5.56 Å². The van der Waals surface area contributed by atoms with Crippen LogP contribution in [-0.4, -0.2) is 38.1 Å². The van der Waals surface area contributed by atoms with Crippen molar-refractivity contribution in [1.82, 2.24) is 0 Å². The minimum atomic E-state index is -0.968. The largest absolute Gasteiger partial charge is 0.481 e. The van der Waals surface area contributed by atoms with E-state index in [0.29, 0.717) is 54.6 Å². The fourth-order valence-corrected chi connectivity index (χ4v) is 4.08. The maximum Gasteiger partial charge on any atom is 0.265 e. The average molecular weight is 434 g/mol. The van der Waals surface area contributed by atoms with E-state index in [1.165, 1.54) is 19.1 Å². The number of ether oxygens (including phenoxy) is 3. The van der Waals surface area contributed by atoms with Crippen LogP contribution in [0.15, 0.2) is 36.4 Å². The van der Waals surface area contributed by atoms with Gasteiger partial charge in [-0.05, 0) is 37.6 Å². The van der Waals surface area contributed by atoms with Crippen molar-refractivity contribution >= 4 is 29.0 Å². The lowest BCUT2D eigenvalue weighted by atomic mass is 10.00. The van der Waals surface area contributed by atoms with Gasteiger partial charge in [0, 0.05) is 23.6 Å². The summed E-state index contributed by atoms with van der Waals surface area (Å²) < 4.78 is 30.6. The second-order valence-corrected chi connectivity index (χ2v) is 7.69. The molecule has 4 rings (SSSR count). The highest BCUT2D eigenvalue weighted by atomic mass is 35.5. The zero-order valence-electron chi connectivity index (χ0n) is 16.5. The number of carbonyl (C=O) groups excluding carboxylic acids is 2. The molecule has 0 bridgehead atoms. The monoisotopic (exact) mass is 433 g/mol. The van der Waals surface area contributed by atoms with Crippen LogP contribution in [0, 0.1) is 5.82 Å². The van der Waals surface area contributed by atoms with Crippen LogP contribution in [0.3, 0.4) is 0 Å². The van der Waals surface area contributed by atoms with Crippen LogP contribution < -0.4 is 9.64 Å². The second kappa shape index (κ2) is 8.34. The number of nitrogens with zero attached hydrogens (tertiary/aromatic N) is 1. The highest BCUT2D eigenvalue weighted by Crippen LogP contribution is 2.40. The molecule has 2 aliphatic heterocycles. The van der Waals surface area contributed by atoms with Crippen molar-refractivity contribution in [1.29, 1.82) is 0 Å². The maximum absolute atomic E-state index is 13.3. The Hall–Kier alpha value is -2.48. The van der Waals surface area contributed by atoms with Gasteiger partial charge >= 0.3 is 0 Å². The average Bonchev–Trinajstić information content (AvgIpc) is 3.19. The van der Waals surface area contributed by atoms with Gasteiger partial charge in [0.15, 0.2) is 23.9 Å². The van der Waals surface area contributed by atoms with Crippen molar-refractivity contribution in [2.45, 2.75) is 25.6 Å². The van der Waals surface area contributed by atoms with Crippen molar-refractivity contribution in [2.75, 3.05) is 31.3 Å². The van der Waals surface area contributed by atoms with Gasteiger partial charge in [-0.15, -0.1) is 0 Å². The van der Waals surface area contributed by atoms with Gasteiger partial charge in [0.05, 0.1) is 24.5 Å². The SMILES string of the molecule is CC(=O)c1cc(Cl)cc2c1OCC(=O)N2CCCC1(c2ccc(F)cc2)OCCO1. The Morgan fingerprint density at radius 3 is 2.57 bits per heavy atom. The molecule has 158 valence electrons. The number of ketones is 1. The van der Waals surface area contributed by atoms with E-state index in [9.17, 15) is 14.0 Å². The molecule has 0 saturated carbocycles. The summed E-state index contributed by atoms with van der Waals surface area (Å²) in [5.74, 6) is -1.34. The van der Waals surface area contributed by atoms with Gasteiger partial charge < -0.3 is 19.1 Å². The lowest BCUT2D eigenvalue weighted by molar-refractivity contribution is -0.171. The molecule has 0 N–H and O–H groups in total. The van der Waals surface area contributed by atoms with Crippen molar-refractivity contribution in [2.24, 2.45) is 0 Å². The summed E-state index contributed by atoms with van der Waals surface area (Å²) in [5.41, 5.74) is 1.56. The van der Waals surface area contributed by atoms with E-state index in [4.69, 9.17) is 25.8 Å². The fraction of sp³-hybridized carbons (Fsp3) is 0.364. The first kappa shape index (κ1) is 20.8. The maximum atomic E-state index is 13.3. The van der Waals surface area contributed by atoms with Crippen LogP contribution in [0.4, 0.5) is 10.1 Å². The zero-order valence-corrected chi connectivity index (χ0v) is 17.2. The molecule has 0 spiro atoms. The fourth-order valence-electron chi connectivity index (χ4n) is 3.87. The van der Waals surface area contributed by atoms with Crippen molar-refractivity contribution in [3.8, 4) is 5.75 Å². The normalized spacial score (nSPS) is 17.6. The van der Waals surface area contributed by atoms with Crippen LogP contribution in [-0.2, 0) is 20.1 Å². The van der Waals surface area contributed by atoms with Crippen molar-refractivity contribution in [3.63, 3.8) is 0 Å². The highest BCUT2D eigenvalue weighted by molar-refractivity contribution is 6.31. The van der Waals surface area contributed by atoms with E-state index in [-0.39, 0.29) is 24.1 Å². The van der Waals surface area contributed by atoms with Crippen LogP contribution >= 0.6 is 11.6 Å². The lowest BCUT2D eigenvalue weighted by Crippen LogP contribution is -2.40. The molecule has 0 aliphatic carbocycles. The predicted molar refractivity (Wildman–Crippen MR) is 109 cm³/mol. The van der Waals surface area contributed by atoms with E-state index in [2.05, 4.69) is 0 Å². The summed E-state index contributed by atoms with van der Waals surface area (Å²) in [6.45, 7) is 2.52. The molecule has 30 heavy (non-hydrogen) atoms. The minimum absolute atomic E-state index is 0.148. The van der Waals surface area contributed by atoms with Gasteiger partial charge in [0.1, 0.15) is 5.82 Å². The molecule has 0 aromatic heterocycles. The molecule has 1 fully saturated rings. The highest BCUT2D eigenvalue weighted by Gasteiger charge is 2.39. The molecule has 0 atom stereocenters. The van der Waals surface area contributed by atoms with Crippen LogP contribution in [0.5, 0.6) is 5.75 Å².